The molecule has 0 radical (unpaired) electrons. The van der Waals surface area contributed by atoms with E-state index in [1.807, 2.05) is 13.8 Å². The first-order chi connectivity index (χ1) is 8.36. The normalized spacial score (nSPS) is 20.8. The van der Waals surface area contributed by atoms with Crippen molar-refractivity contribution in [2.75, 3.05) is 39.3 Å². The molecule has 0 spiro atoms. The largest absolute Gasteiger partial charge is 0.374 e. The van der Waals surface area contributed by atoms with E-state index in [0.29, 0.717) is 6.10 Å². The summed E-state index contributed by atoms with van der Waals surface area (Å²) in [6.45, 7) is 14.9. The third kappa shape index (κ3) is 8.58. The maximum Gasteiger partial charge on any atom is 0.0826 e. The second kappa shape index (κ2) is 12.3. The average Bonchev–Trinajstić information content (AvgIpc) is 2.40. The number of nitrogens with zero attached hydrogens (tertiary/aromatic N) is 1. The predicted molar refractivity (Wildman–Crippen MR) is 77.7 cm³/mol. The Morgan fingerprint density at radius 2 is 2.06 bits per heavy atom. The van der Waals surface area contributed by atoms with Crippen LogP contribution in [0, 0.1) is 0 Å². The van der Waals surface area contributed by atoms with E-state index in [1.165, 1.54) is 25.8 Å². The predicted octanol–water partition coefficient (Wildman–Crippen LogP) is 2.76. The zero-order chi connectivity index (χ0) is 12.9. The Labute approximate surface area is 109 Å². The highest BCUT2D eigenvalue weighted by Crippen LogP contribution is 2.05. The van der Waals surface area contributed by atoms with Gasteiger partial charge < -0.3 is 10.1 Å². The first kappa shape index (κ1) is 16.9. The molecule has 0 saturated carbocycles. The molecule has 0 amide bonds. The van der Waals surface area contributed by atoms with Crippen LogP contribution in [-0.4, -0.2) is 50.3 Å². The summed E-state index contributed by atoms with van der Waals surface area (Å²) >= 11 is 0. The summed E-state index contributed by atoms with van der Waals surface area (Å²) in [4.78, 5) is 2.53. The van der Waals surface area contributed by atoms with Crippen molar-refractivity contribution in [1.29, 1.82) is 0 Å². The number of unbranched alkanes of at least 4 members (excludes halogenated alkanes) is 1. The van der Waals surface area contributed by atoms with Gasteiger partial charge in [-0.25, -0.2) is 0 Å². The lowest BCUT2D eigenvalue weighted by atomic mass is 10.2. The number of nitrogens with one attached hydrogen (secondary N) is 1. The Balaban J connectivity index is 0. The van der Waals surface area contributed by atoms with Gasteiger partial charge in [-0.3, -0.25) is 4.90 Å². The molecule has 1 aliphatic heterocycles. The average molecular weight is 246 g/mol. The summed E-state index contributed by atoms with van der Waals surface area (Å²) in [6, 6.07) is 0. The quantitative estimate of drug-likeness (QED) is 0.699. The molecule has 1 N–H and O–H groups in total. The topological polar surface area (TPSA) is 24.5 Å². The molecular formula is C14H34N2O. The molecule has 3 nitrogen and oxygen atoms in total. The van der Waals surface area contributed by atoms with Crippen molar-refractivity contribution in [3.05, 3.63) is 0 Å². The third-order valence-corrected chi connectivity index (χ3v) is 2.85. The summed E-state index contributed by atoms with van der Waals surface area (Å²) in [5, 5.41) is 3.43. The van der Waals surface area contributed by atoms with Crippen molar-refractivity contribution < 1.29 is 6.16 Å². The Bertz CT molecular complexity index is 159. The monoisotopic (exact) mass is 246 g/mol. The molecule has 1 rings (SSSR count). The van der Waals surface area contributed by atoms with Crippen molar-refractivity contribution in [2.24, 2.45) is 0 Å². The molecule has 3 heteroatoms. The summed E-state index contributed by atoms with van der Waals surface area (Å²) < 4.78 is 5.73. The van der Waals surface area contributed by atoms with Crippen molar-refractivity contribution in [3.63, 3.8) is 0 Å². The first-order valence-corrected chi connectivity index (χ1v) is 7.41. The zero-order valence-corrected chi connectivity index (χ0v) is 12.3. The fraction of sp³-hybridized carbons (Fsp3) is 1.00. The molecule has 1 aliphatic rings. The zero-order valence-electron chi connectivity index (χ0n) is 12.3. The van der Waals surface area contributed by atoms with Gasteiger partial charge in [-0.15, -0.1) is 0 Å². The Hall–Kier alpha value is -0.120. The lowest BCUT2D eigenvalue weighted by Gasteiger charge is -2.33. The molecule has 1 saturated heterocycles. The minimum Gasteiger partial charge on any atom is -0.374 e. The van der Waals surface area contributed by atoms with Gasteiger partial charge in [0.25, 0.3) is 0 Å². The van der Waals surface area contributed by atoms with Crippen LogP contribution in [0.1, 0.15) is 48.4 Å². The highest BCUT2D eigenvalue weighted by Gasteiger charge is 2.18. The second-order valence-electron chi connectivity index (χ2n) is 4.35. The van der Waals surface area contributed by atoms with Gasteiger partial charge in [-0.05, 0) is 25.9 Å². The van der Waals surface area contributed by atoms with Gasteiger partial charge >= 0.3 is 0 Å². The van der Waals surface area contributed by atoms with Crippen molar-refractivity contribution in [1.82, 2.24) is 10.2 Å². The maximum atomic E-state index is 5.73. The van der Waals surface area contributed by atoms with Crippen molar-refractivity contribution >= 4 is 0 Å². The maximum absolute atomic E-state index is 5.73. The van der Waals surface area contributed by atoms with Crippen LogP contribution in [0.25, 0.3) is 0 Å². The summed E-state index contributed by atoms with van der Waals surface area (Å²) in [6.07, 6.45) is 4.21. The second-order valence-corrected chi connectivity index (χ2v) is 4.35. The molecule has 0 bridgehead atoms. The van der Waals surface area contributed by atoms with E-state index in [1.54, 1.807) is 0 Å². The van der Waals surface area contributed by atoms with E-state index < -0.39 is 0 Å². The third-order valence-electron chi connectivity index (χ3n) is 2.85. The number of rotatable bonds is 7. The van der Waals surface area contributed by atoms with Crippen molar-refractivity contribution in [2.45, 2.75) is 53.1 Å². The summed E-state index contributed by atoms with van der Waals surface area (Å²) in [5.74, 6) is 0. The minimum absolute atomic E-state index is 0. The molecule has 1 atom stereocenters. The molecule has 0 aliphatic carbocycles. The fourth-order valence-electron chi connectivity index (χ4n) is 1.93. The number of hydrogen-bond acceptors (Lipinski definition) is 3. The highest BCUT2D eigenvalue weighted by molar-refractivity contribution is 4.73. The van der Waals surface area contributed by atoms with Crippen LogP contribution >= 0.6 is 0 Å². The number of morpholine rings is 1. The molecular weight excluding hydrogens is 212 g/mol. The first-order valence-electron chi connectivity index (χ1n) is 7.41. The van der Waals surface area contributed by atoms with Crippen LogP contribution < -0.4 is 5.32 Å². The molecule has 17 heavy (non-hydrogen) atoms. The molecule has 0 aromatic carbocycles. The van der Waals surface area contributed by atoms with Gasteiger partial charge in [0, 0.05) is 21.1 Å². The van der Waals surface area contributed by atoms with E-state index in [0.717, 1.165) is 32.8 Å². The van der Waals surface area contributed by atoms with Crippen LogP contribution in [0.3, 0.4) is 0 Å². The van der Waals surface area contributed by atoms with Crippen molar-refractivity contribution in [3.8, 4) is 0 Å². The standard InChI is InChI=1S/C12H26N2O.C2H6.H2/c1-3-5-7-14-8-9-15-12(11-14)10-13-6-4-2;1-2;/h12-13H,3-11H2,1-2H3;1-2H3;1H/t12-;;/m1../s1. The van der Waals surface area contributed by atoms with Crippen LogP contribution in [0.5, 0.6) is 0 Å². The van der Waals surface area contributed by atoms with Gasteiger partial charge in [0.05, 0.1) is 12.7 Å². The fourth-order valence-corrected chi connectivity index (χ4v) is 1.93. The van der Waals surface area contributed by atoms with Gasteiger partial charge in [0.1, 0.15) is 0 Å². The molecule has 0 aromatic rings. The number of hydrogen-bond donors (Lipinski definition) is 1. The van der Waals surface area contributed by atoms with E-state index in [-0.39, 0.29) is 1.43 Å². The highest BCUT2D eigenvalue weighted by atomic mass is 16.5. The van der Waals surface area contributed by atoms with E-state index in [2.05, 4.69) is 24.1 Å². The Morgan fingerprint density at radius 1 is 1.29 bits per heavy atom. The molecule has 1 heterocycles. The van der Waals surface area contributed by atoms with E-state index >= 15 is 0 Å². The molecule has 0 unspecified atom stereocenters. The van der Waals surface area contributed by atoms with Gasteiger partial charge in [0.15, 0.2) is 0 Å². The molecule has 0 aromatic heterocycles. The van der Waals surface area contributed by atoms with E-state index in [4.69, 9.17) is 4.74 Å². The smallest absolute Gasteiger partial charge is 0.0826 e. The SMILES string of the molecule is CC.CCCCN1CCO[C@H](CNCCC)C1.[HH]. The van der Waals surface area contributed by atoms with Gasteiger partial charge in [0.2, 0.25) is 0 Å². The van der Waals surface area contributed by atoms with Crippen LogP contribution in [-0.2, 0) is 4.74 Å². The molecule has 106 valence electrons. The van der Waals surface area contributed by atoms with E-state index in [9.17, 15) is 0 Å². The molecule has 1 fully saturated rings. The van der Waals surface area contributed by atoms with Crippen LogP contribution in [0.2, 0.25) is 0 Å². The summed E-state index contributed by atoms with van der Waals surface area (Å²) in [7, 11) is 0. The Morgan fingerprint density at radius 3 is 2.71 bits per heavy atom. The lowest BCUT2D eigenvalue weighted by Crippen LogP contribution is -2.46. The lowest BCUT2D eigenvalue weighted by molar-refractivity contribution is -0.0272. The summed E-state index contributed by atoms with van der Waals surface area (Å²) in [5.41, 5.74) is 0. The van der Waals surface area contributed by atoms with Gasteiger partial charge in [-0.2, -0.15) is 0 Å². The Kier molecular flexibility index (Phi) is 12.3. The minimum atomic E-state index is 0. The van der Waals surface area contributed by atoms with Crippen LogP contribution in [0.4, 0.5) is 0 Å². The van der Waals surface area contributed by atoms with Crippen LogP contribution in [0.15, 0.2) is 0 Å². The van der Waals surface area contributed by atoms with Gasteiger partial charge in [-0.1, -0.05) is 34.1 Å². The number of ether oxygens (including phenoxy) is 1.